The molecule has 3 nitrogen and oxygen atoms in total. The van der Waals surface area contributed by atoms with Crippen LogP contribution in [0.25, 0.3) is 0 Å². The fraction of sp³-hybridized carbons (Fsp3) is 0.231. The van der Waals surface area contributed by atoms with E-state index in [-0.39, 0.29) is 6.04 Å². The molecule has 1 atom stereocenters. The largest absolute Gasteiger partial charge is 0.493 e. The predicted molar refractivity (Wildman–Crippen MR) is 124 cm³/mol. The molecule has 0 bridgehead atoms. The summed E-state index contributed by atoms with van der Waals surface area (Å²) in [6.07, 6.45) is 0.957. The molecule has 0 aromatic heterocycles. The topological polar surface area (TPSA) is 21.7 Å². The third-order valence-corrected chi connectivity index (χ3v) is 5.93. The maximum Gasteiger partial charge on any atom is 0.161 e. The zero-order valence-corrected chi connectivity index (χ0v) is 18.8. The Hall–Kier alpha value is -2.74. The lowest BCUT2D eigenvalue weighted by Crippen LogP contribution is -2.34. The van der Waals surface area contributed by atoms with E-state index in [0.29, 0.717) is 0 Å². The molecule has 0 saturated carbocycles. The van der Waals surface area contributed by atoms with E-state index in [1.807, 2.05) is 24.3 Å². The van der Waals surface area contributed by atoms with Crippen LogP contribution in [0.3, 0.4) is 0 Å². The molecule has 4 rings (SSSR count). The summed E-state index contributed by atoms with van der Waals surface area (Å²) in [6.45, 7) is 1.80. The van der Waals surface area contributed by atoms with Crippen molar-refractivity contribution in [2.75, 3.05) is 20.8 Å². The highest BCUT2D eigenvalue weighted by Gasteiger charge is 2.28. The van der Waals surface area contributed by atoms with Crippen LogP contribution in [0, 0.1) is 11.8 Å². The lowest BCUT2D eigenvalue weighted by atomic mass is 9.91. The highest BCUT2D eigenvalue weighted by Crippen LogP contribution is 2.38. The molecule has 0 unspecified atom stereocenters. The third-order valence-electron chi connectivity index (χ3n) is 5.40. The first-order chi connectivity index (χ1) is 14.7. The molecule has 0 spiro atoms. The Kier molecular flexibility index (Phi) is 6.42. The summed E-state index contributed by atoms with van der Waals surface area (Å²) in [5.74, 6) is 8.43. The van der Waals surface area contributed by atoms with Gasteiger partial charge in [-0.15, -0.1) is 0 Å². The van der Waals surface area contributed by atoms with Gasteiger partial charge in [0.15, 0.2) is 11.5 Å². The maximum atomic E-state index is 5.58. The summed E-state index contributed by atoms with van der Waals surface area (Å²) in [7, 11) is 3.36. The van der Waals surface area contributed by atoms with Crippen molar-refractivity contribution >= 4 is 15.9 Å². The highest BCUT2D eigenvalue weighted by molar-refractivity contribution is 9.10. The molecule has 1 aliphatic rings. The van der Waals surface area contributed by atoms with E-state index in [2.05, 4.69) is 75.1 Å². The number of rotatable bonds is 4. The molecule has 4 heteroatoms. The van der Waals surface area contributed by atoms with E-state index in [1.54, 1.807) is 14.2 Å². The molecule has 1 heterocycles. The van der Waals surface area contributed by atoms with Crippen molar-refractivity contribution in [1.82, 2.24) is 4.90 Å². The van der Waals surface area contributed by atoms with Crippen molar-refractivity contribution in [2.45, 2.75) is 19.0 Å². The molecule has 30 heavy (non-hydrogen) atoms. The van der Waals surface area contributed by atoms with Crippen LogP contribution in [0.4, 0.5) is 0 Å². The van der Waals surface area contributed by atoms with Crippen molar-refractivity contribution in [3.05, 3.63) is 93.5 Å². The maximum absolute atomic E-state index is 5.58. The second kappa shape index (κ2) is 9.38. The summed E-state index contributed by atoms with van der Waals surface area (Å²) < 4.78 is 12.2. The fourth-order valence-electron chi connectivity index (χ4n) is 3.84. The normalized spacial score (nSPS) is 15.6. The Morgan fingerprint density at radius 3 is 2.37 bits per heavy atom. The highest BCUT2D eigenvalue weighted by atomic mass is 79.9. The molecule has 0 fully saturated rings. The zero-order valence-electron chi connectivity index (χ0n) is 17.2. The third kappa shape index (κ3) is 4.53. The van der Waals surface area contributed by atoms with Gasteiger partial charge >= 0.3 is 0 Å². The molecule has 3 aromatic carbocycles. The summed E-state index contributed by atoms with van der Waals surface area (Å²) in [6, 6.07) is 22.9. The number of nitrogens with zero attached hydrogens (tertiary/aromatic N) is 1. The van der Waals surface area contributed by atoms with Crippen LogP contribution in [-0.2, 0) is 13.0 Å². The minimum atomic E-state index is -0.0163. The van der Waals surface area contributed by atoms with E-state index < -0.39 is 0 Å². The number of benzene rings is 3. The van der Waals surface area contributed by atoms with Gasteiger partial charge in [0, 0.05) is 23.1 Å². The molecule has 0 amide bonds. The Morgan fingerprint density at radius 1 is 0.967 bits per heavy atom. The molecule has 0 N–H and O–H groups in total. The van der Waals surface area contributed by atoms with Gasteiger partial charge in [0.2, 0.25) is 0 Å². The number of fused-ring (bicyclic) bond motifs is 1. The molecular weight excluding hydrogens is 438 g/mol. The smallest absolute Gasteiger partial charge is 0.161 e. The summed E-state index contributed by atoms with van der Waals surface area (Å²) >= 11 is 3.49. The summed E-state index contributed by atoms with van der Waals surface area (Å²) in [4.78, 5) is 2.44. The van der Waals surface area contributed by atoms with Gasteiger partial charge < -0.3 is 9.47 Å². The minimum absolute atomic E-state index is 0.0163. The number of methoxy groups -OCH3 is 2. The van der Waals surface area contributed by atoms with Gasteiger partial charge in [-0.25, -0.2) is 0 Å². The number of ether oxygens (including phenoxy) is 2. The van der Waals surface area contributed by atoms with Gasteiger partial charge in [-0.1, -0.05) is 58.1 Å². The SMILES string of the molecule is COc1cc2c(cc1OC)[C@@H](C#Cc1ccc(Br)cc1)N(Cc1ccccc1)CC2. The molecule has 0 saturated heterocycles. The van der Waals surface area contributed by atoms with Crippen LogP contribution in [0.1, 0.15) is 28.3 Å². The molecule has 3 aromatic rings. The van der Waals surface area contributed by atoms with Gasteiger partial charge in [0.1, 0.15) is 0 Å². The average Bonchev–Trinajstić information content (AvgIpc) is 2.79. The second-order valence-corrected chi connectivity index (χ2v) is 8.21. The number of hydrogen-bond acceptors (Lipinski definition) is 3. The van der Waals surface area contributed by atoms with Gasteiger partial charge in [-0.05, 0) is 59.5 Å². The molecule has 0 radical (unpaired) electrons. The summed E-state index contributed by atoms with van der Waals surface area (Å²) in [5.41, 5.74) is 4.76. The van der Waals surface area contributed by atoms with Gasteiger partial charge in [0.25, 0.3) is 0 Å². The van der Waals surface area contributed by atoms with Crippen molar-refractivity contribution in [2.24, 2.45) is 0 Å². The first kappa shape index (κ1) is 20.5. The average molecular weight is 462 g/mol. The Labute approximate surface area is 186 Å². The van der Waals surface area contributed by atoms with Crippen molar-refractivity contribution in [3.63, 3.8) is 0 Å². The first-order valence-electron chi connectivity index (χ1n) is 9.98. The van der Waals surface area contributed by atoms with Crippen LogP contribution >= 0.6 is 15.9 Å². The van der Waals surface area contributed by atoms with Crippen molar-refractivity contribution in [1.29, 1.82) is 0 Å². The molecule has 152 valence electrons. The van der Waals surface area contributed by atoms with E-state index in [0.717, 1.165) is 41.0 Å². The molecule has 0 aliphatic carbocycles. The van der Waals surface area contributed by atoms with Crippen LogP contribution < -0.4 is 9.47 Å². The first-order valence-corrected chi connectivity index (χ1v) is 10.8. The molecule has 1 aliphatic heterocycles. The van der Waals surface area contributed by atoms with Crippen molar-refractivity contribution < 1.29 is 9.47 Å². The summed E-state index contributed by atoms with van der Waals surface area (Å²) in [5, 5.41) is 0. The van der Waals surface area contributed by atoms with Gasteiger partial charge in [0.05, 0.1) is 20.3 Å². The van der Waals surface area contributed by atoms with Gasteiger partial charge in [-0.3, -0.25) is 4.90 Å². The minimum Gasteiger partial charge on any atom is -0.493 e. The van der Waals surface area contributed by atoms with Gasteiger partial charge in [-0.2, -0.15) is 0 Å². The fourth-order valence-corrected chi connectivity index (χ4v) is 4.10. The lowest BCUT2D eigenvalue weighted by Gasteiger charge is -2.35. The Bertz CT molecular complexity index is 1070. The van der Waals surface area contributed by atoms with Crippen LogP contribution in [0.2, 0.25) is 0 Å². The van der Waals surface area contributed by atoms with Crippen molar-refractivity contribution in [3.8, 4) is 23.3 Å². The quantitative estimate of drug-likeness (QED) is 0.470. The van der Waals surface area contributed by atoms with Crippen LogP contribution in [-0.4, -0.2) is 25.7 Å². The second-order valence-electron chi connectivity index (χ2n) is 7.29. The standard InChI is InChI=1S/C26H24BrNO2/c1-29-25-16-21-14-15-28(18-20-6-4-3-5-7-20)24(23(21)17-26(25)30-2)13-10-19-8-11-22(27)12-9-19/h3-9,11-12,16-17,24H,14-15,18H2,1-2H3/t24-/m1/s1. The van der Waals surface area contributed by atoms with Crippen LogP contribution in [0.15, 0.2) is 71.2 Å². The zero-order chi connectivity index (χ0) is 20.9. The Balaban J connectivity index is 1.74. The van der Waals surface area contributed by atoms with E-state index in [1.165, 1.54) is 16.7 Å². The monoisotopic (exact) mass is 461 g/mol. The number of hydrogen-bond donors (Lipinski definition) is 0. The number of halogens is 1. The van der Waals surface area contributed by atoms with E-state index in [4.69, 9.17) is 9.47 Å². The predicted octanol–water partition coefficient (Wildman–Crippen LogP) is 5.62. The van der Waals surface area contributed by atoms with E-state index >= 15 is 0 Å². The molecular formula is C26H24BrNO2. The van der Waals surface area contributed by atoms with Crippen LogP contribution in [0.5, 0.6) is 11.5 Å². The van der Waals surface area contributed by atoms with E-state index in [9.17, 15) is 0 Å². The lowest BCUT2D eigenvalue weighted by molar-refractivity contribution is 0.215. The Morgan fingerprint density at radius 2 is 1.67 bits per heavy atom.